The first-order valence-electron chi connectivity index (χ1n) is 5.90. The smallest absolute Gasteiger partial charge is 0.315 e. The lowest BCUT2D eigenvalue weighted by Crippen LogP contribution is -2.37. The number of amides is 2. The lowest BCUT2D eigenvalue weighted by Gasteiger charge is -2.11. The van der Waals surface area contributed by atoms with Crippen molar-refractivity contribution in [1.29, 1.82) is 0 Å². The molecule has 0 fully saturated rings. The van der Waals surface area contributed by atoms with Crippen LogP contribution in [0.25, 0.3) is 11.0 Å². The summed E-state index contributed by atoms with van der Waals surface area (Å²) in [6, 6.07) is 2.94. The Kier molecular flexibility index (Phi) is 4.17. The summed E-state index contributed by atoms with van der Waals surface area (Å²) in [5.74, 6) is 0.652. The number of imidazole rings is 1. The van der Waals surface area contributed by atoms with E-state index in [4.69, 9.17) is 23.2 Å². The molecule has 0 aliphatic heterocycles. The minimum atomic E-state index is -0.239. The third-order valence-corrected chi connectivity index (χ3v) is 3.36. The summed E-state index contributed by atoms with van der Waals surface area (Å²) in [6.45, 7) is 4.27. The Bertz CT molecular complexity index is 572. The van der Waals surface area contributed by atoms with E-state index in [2.05, 4.69) is 20.6 Å². The summed E-state index contributed by atoms with van der Waals surface area (Å²) in [5, 5.41) is 6.36. The van der Waals surface area contributed by atoms with E-state index < -0.39 is 0 Å². The predicted molar refractivity (Wildman–Crippen MR) is 76.7 cm³/mol. The van der Waals surface area contributed by atoms with Gasteiger partial charge in [-0.05, 0) is 26.0 Å². The summed E-state index contributed by atoms with van der Waals surface area (Å²) in [5.41, 5.74) is 1.50. The Morgan fingerprint density at radius 1 is 1.42 bits per heavy atom. The van der Waals surface area contributed by atoms with Crippen molar-refractivity contribution in [3.63, 3.8) is 0 Å². The molecule has 2 aromatic rings. The molecule has 3 N–H and O–H groups in total. The summed E-state index contributed by atoms with van der Waals surface area (Å²) in [4.78, 5) is 18.9. The highest BCUT2D eigenvalue weighted by molar-refractivity contribution is 6.42. The molecule has 1 atom stereocenters. The molecular formula is C12H14Cl2N4O. The summed E-state index contributed by atoms with van der Waals surface area (Å²) in [7, 11) is 0. The quantitative estimate of drug-likeness (QED) is 0.814. The van der Waals surface area contributed by atoms with Gasteiger partial charge in [0.25, 0.3) is 0 Å². The lowest BCUT2D eigenvalue weighted by molar-refractivity contribution is 0.238. The molecule has 0 unspecified atom stereocenters. The van der Waals surface area contributed by atoms with Crippen LogP contribution in [0.1, 0.15) is 25.7 Å². The molecule has 1 aromatic heterocycles. The Morgan fingerprint density at radius 2 is 2.11 bits per heavy atom. The number of nitrogens with one attached hydrogen (secondary N) is 3. The van der Waals surface area contributed by atoms with Crippen LogP contribution in [0.4, 0.5) is 4.79 Å². The molecule has 0 saturated heterocycles. The molecule has 0 radical (unpaired) electrons. The van der Waals surface area contributed by atoms with Crippen LogP contribution in [0.15, 0.2) is 12.1 Å². The first-order chi connectivity index (χ1) is 9.01. The van der Waals surface area contributed by atoms with E-state index in [1.165, 1.54) is 0 Å². The molecule has 7 heteroatoms. The number of hydrogen-bond acceptors (Lipinski definition) is 2. The zero-order valence-corrected chi connectivity index (χ0v) is 12.1. The molecule has 0 spiro atoms. The molecule has 102 valence electrons. The van der Waals surface area contributed by atoms with Crippen molar-refractivity contribution in [3.8, 4) is 0 Å². The van der Waals surface area contributed by atoms with Gasteiger partial charge in [0, 0.05) is 6.54 Å². The van der Waals surface area contributed by atoms with Crippen LogP contribution in [0.5, 0.6) is 0 Å². The van der Waals surface area contributed by atoms with Gasteiger partial charge in [0.05, 0.1) is 27.1 Å². The number of fused-ring (bicyclic) bond motifs is 1. The number of halogens is 2. The van der Waals surface area contributed by atoms with Gasteiger partial charge in [-0.15, -0.1) is 0 Å². The molecule has 2 amide bonds. The Morgan fingerprint density at radius 3 is 2.79 bits per heavy atom. The van der Waals surface area contributed by atoms with Gasteiger partial charge in [-0.1, -0.05) is 23.2 Å². The number of benzene rings is 1. The fourth-order valence-corrected chi connectivity index (χ4v) is 2.03. The number of rotatable bonds is 3. The van der Waals surface area contributed by atoms with Crippen molar-refractivity contribution < 1.29 is 4.79 Å². The van der Waals surface area contributed by atoms with E-state index in [0.29, 0.717) is 27.9 Å². The Hall–Kier alpha value is -1.46. The maximum absolute atomic E-state index is 11.4. The maximum Gasteiger partial charge on any atom is 0.315 e. The molecule has 0 aliphatic carbocycles. The largest absolute Gasteiger partial charge is 0.340 e. The second-order valence-electron chi connectivity index (χ2n) is 4.13. The fourth-order valence-electron chi connectivity index (χ4n) is 1.71. The van der Waals surface area contributed by atoms with E-state index in [1.807, 2.05) is 13.8 Å². The molecule has 1 aromatic carbocycles. The third kappa shape index (κ3) is 3.11. The zero-order chi connectivity index (χ0) is 14.0. The van der Waals surface area contributed by atoms with Crippen LogP contribution in [0.3, 0.4) is 0 Å². The van der Waals surface area contributed by atoms with Crippen LogP contribution < -0.4 is 10.6 Å². The van der Waals surface area contributed by atoms with E-state index in [1.54, 1.807) is 12.1 Å². The number of hydrogen-bond donors (Lipinski definition) is 3. The molecule has 2 rings (SSSR count). The highest BCUT2D eigenvalue weighted by Gasteiger charge is 2.14. The predicted octanol–water partition coefficient (Wildman–Crippen LogP) is 3.25. The molecular weight excluding hydrogens is 287 g/mol. The standard InChI is InChI=1S/C12H14Cl2N4O/c1-3-15-12(19)16-6(2)11-17-9-4-7(13)8(14)5-10(9)18-11/h4-6H,3H2,1-2H3,(H,17,18)(H2,15,16,19)/t6-/m0/s1. The van der Waals surface area contributed by atoms with Crippen molar-refractivity contribution >= 4 is 40.3 Å². The minimum absolute atomic E-state index is 0.230. The summed E-state index contributed by atoms with van der Waals surface area (Å²) in [6.07, 6.45) is 0. The zero-order valence-electron chi connectivity index (χ0n) is 10.6. The van der Waals surface area contributed by atoms with Gasteiger partial charge in [-0.2, -0.15) is 0 Å². The topological polar surface area (TPSA) is 69.8 Å². The van der Waals surface area contributed by atoms with Crippen molar-refractivity contribution in [2.24, 2.45) is 0 Å². The van der Waals surface area contributed by atoms with Crippen LogP contribution in [0.2, 0.25) is 10.0 Å². The van der Waals surface area contributed by atoms with Crippen molar-refractivity contribution in [2.75, 3.05) is 6.54 Å². The van der Waals surface area contributed by atoms with Crippen molar-refractivity contribution in [3.05, 3.63) is 28.0 Å². The average molecular weight is 301 g/mol. The lowest BCUT2D eigenvalue weighted by atomic mass is 10.3. The first-order valence-corrected chi connectivity index (χ1v) is 6.66. The van der Waals surface area contributed by atoms with Gasteiger partial charge in [0.2, 0.25) is 0 Å². The third-order valence-electron chi connectivity index (χ3n) is 2.64. The maximum atomic E-state index is 11.4. The number of carbonyl (C=O) groups excluding carboxylic acids is 1. The summed E-state index contributed by atoms with van der Waals surface area (Å²) >= 11 is 11.9. The number of H-pyrrole nitrogens is 1. The Balaban J connectivity index is 2.23. The normalized spacial score (nSPS) is 12.4. The highest BCUT2D eigenvalue weighted by Crippen LogP contribution is 2.27. The number of carbonyl (C=O) groups is 1. The van der Waals surface area contributed by atoms with Crippen LogP contribution in [-0.4, -0.2) is 22.5 Å². The van der Waals surface area contributed by atoms with Gasteiger partial charge in [-0.3, -0.25) is 0 Å². The second-order valence-corrected chi connectivity index (χ2v) is 4.95. The van der Waals surface area contributed by atoms with E-state index in [-0.39, 0.29) is 12.1 Å². The first kappa shape index (κ1) is 14.0. The van der Waals surface area contributed by atoms with Gasteiger partial charge in [0.15, 0.2) is 0 Å². The monoisotopic (exact) mass is 300 g/mol. The van der Waals surface area contributed by atoms with Gasteiger partial charge >= 0.3 is 6.03 Å². The average Bonchev–Trinajstić information content (AvgIpc) is 2.73. The molecule has 1 heterocycles. The van der Waals surface area contributed by atoms with E-state index in [9.17, 15) is 4.79 Å². The molecule has 5 nitrogen and oxygen atoms in total. The van der Waals surface area contributed by atoms with Crippen molar-refractivity contribution in [1.82, 2.24) is 20.6 Å². The number of aromatic amines is 1. The summed E-state index contributed by atoms with van der Waals surface area (Å²) < 4.78 is 0. The highest BCUT2D eigenvalue weighted by atomic mass is 35.5. The molecule has 0 aliphatic rings. The number of aromatic nitrogens is 2. The molecule has 19 heavy (non-hydrogen) atoms. The van der Waals surface area contributed by atoms with E-state index >= 15 is 0 Å². The van der Waals surface area contributed by atoms with Crippen molar-refractivity contribution in [2.45, 2.75) is 19.9 Å². The van der Waals surface area contributed by atoms with E-state index in [0.717, 1.165) is 5.52 Å². The van der Waals surface area contributed by atoms with Gasteiger partial charge in [0.1, 0.15) is 5.82 Å². The SMILES string of the molecule is CCNC(=O)N[C@@H](C)c1nc2cc(Cl)c(Cl)cc2[nH]1. The molecule has 0 saturated carbocycles. The van der Waals surface area contributed by atoms with Crippen LogP contribution in [0, 0.1) is 0 Å². The van der Waals surface area contributed by atoms with Crippen LogP contribution in [-0.2, 0) is 0 Å². The van der Waals surface area contributed by atoms with Crippen LogP contribution >= 0.6 is 23.2 Å². The fraction of sp³-hybridized carbons (Fsp3) is 0.333. The Labute approximate surface area is 120 Å². The van der Waals surface area contributed by atoms with Gasteiger partial charge < -0.3 is 15.6 Å². The molecule has 0 bridgehead atoms. The van der Waals surface area contributed by atoms with Gasteiger partial charge in [-0.25, -0.2) is 9.78 Å². The minimum Gasteiger partial charge on any atom is -0.340 e. The number of urea groups is 1. The number of nitrogens with zero attached hydrogens (tertiary/aromatic N) is 1. The second kappa shape index (κ2) is 5.67.